The highest BCUT2D eigenvalue weighted by molar-refractivity contribution is 7.99. The minimum absolute atomic E-state index is 0.0330. The maximum absolute atomic E-state index is 12.6. The number of carbonyl (C=O) groups is 2. The van der Waals surface area contributed by atoms with Gasteiger partial charge < -0.3 is 10.2 Å². The van der Waals surface area contributed by atoms with E-state index in [1.165, 1.54) is 22.2 Å². The van der Waals surface area contributed by atoms with Gasteiger partial charge in [0.05, 0.1) is 18.0 Å². The third kappa shape index (κ3) is 5.73. The van der Waals surface area contributed by atoms with Gasteiger partial charge in [-0.25, -0.2) is 0 Å². The van der Waals surface area contributed by atoms with Gasteiger partial charge in [-0.05, 0) is 59.0 Å². The molecular weight excluding hydrogens is 424 g/mol. The summed E-state index contributed by atoms with van der Waals surface area (Å²) in [5, 5.41) is 15.2. The number of amides is 2. The van der Waals surface area contributed by atoms with E-state index in [4.69, 9.17) is 0 Å². The van der Waals surface area contributed by atoms with E-state index in [1.807, 2.05) is 56.3 Å². The fourth-order valence-electron chi connectivity index (χ4n) is 3.16. The number of nitrogens with zero attached hydrogens (tertiary/aromatic N) is 5. The van der Waals surface area contributed by atoms with Crippen LogP contribution >= 0.6 is 11.8 Å². The lowest BCUT2D eigenvalue weighted by Gasteiger charge is -2.18. The van der Waals surface area contributed by atoms with Crippen LogP contribution in [0.4, 0.5) is 5.69 Å². The van der Waals surface area contributed by atoms with E-state index >= 15 is 0 Å². The number of carbonyl (C=O) groups excluding carboxylic acids is 2. The average molecular weight is 453 g/mol. The molecule has 0 aliphatic carbocycles. The molecule has 0 atom stereocenters. The molecule has 0 bridgehead atoms. The number of tetrazole rings is 1. The number of benzene rings is 2. The smallest absolute Gasteiger partial charge is 0.243 e. The predicted octanol–water partition coefficient (Wildman–Crippen LogP) is 3.59. The molecular formula is C23H28N6O2S. The number of rotatable bonds is 8. The normalized spacial score (nSPS) is 10.9. The van der Waals surface area contributed by atoms with Crippen molar-refractivity contribution < 1.29 is 9.59 Å². The molecule has 0 spiro atoms. The number of aromatic nitrogens is 4. The van der Waals surface area contributed by atoms with Gasteiger partial charge in [0.15, 0.2) is 0 Å². The highest BCUT2D eigenvalue weighted by Crippen LogP contribution is 2.22. The van der Waals surface area contributed by atoms with E-state index in [0.29, 0.717) is 11.1 Å². The average Bonchev–Trinajstić information content (AvgIpc) is 3.23. The molecule has 1 heterocycles. The second-order valence-electron chi connectivity index (χ2n) is 7.97. The van der Waals surface area contributed by atoms with Gasteiger partial charge in [-0.2, -0.15) is 4.68 Å². The van der Waals surface area contributed by atoms with E-state index in [9.17, 15) is 9.59 Å². The van der Waals surface area contributed by atoms with Crippen LogP contribution in [0, 0.1) is 13.8 Å². The summed E-state index contributed by atoms with van der Waals surface area (Å²) in [6.07, 6.45) is 0. The van der Waals surface area contributed by atoms with Crippen molar-refractivity contribution in [3.63, 3.8) is 0 Å². The molecule has 0 unspecified atom stereocenters. The van der Waals surface area contributed by atoms with Crippen molar-refractivity contribution in [2.45, 2.75) is 38.8 Å². The van der Waals surface area contributed by atoms with Crippen LogP contribution in [-0.4, -0.2) is 56.3 Å². The summed E-state index contributed by atoms with van der Waals surface area (Å²) >= 11 is 1.24. The Morgan fingerprint density at radius 3 is 2.38 bits per heavy atom. The molecule has 1 N–H and O–H groups in total. The SMILES string of the molecule is Cc1cccc(C)c1NC(=O)CN(C)C(=O)CSc1nnnn1-c1ccc(C(C)C)cc1. The summed E-state index contributed by atoms with van der Waals surface area (Å²) in [7, 11) is 1.61. The number of hydrogen-bond acceptors (Lipinski definition) is 6. The van der Waals surface area contributed by atoms with Gasteiger partial charge in [-0.1, -0.05) is 55.9 Å². The van der Waals surface area contributed by atoms with Crippen molar-refractivity contribution in [2.24, 2.45) is 0 Å². The number of thioether (sulfide) groups is 1. The minimum Gasteiger partial charge on any atom is -0.336 e. The van der Waals surface area contributed by atoms with Crippen molar-refractivity contribution in [1.29, 1.82) is 0 Å². The zero-order valence-corrected chi connectivity index (χ0v) is 19.8. The molecule has 32 heavy (non-hydrogen) atoms. The van der Waals surface area contributed by atoms with Crippen LogP contribution in [0.25, 0.3) is 5.69 Å². The highest BCUT2D eigenvalue weighted by atomic mass is 32.2. The Balaban J connectivity index is 1.57. The maximum Gasteiger partial charge on any atom is 0.243 e. The van der Waals surface area contributed by atoms with Gasteiger partial charge in [0.25, 0.3) is 0 Å². The fraction of sp³-hybridized carbons (Fsp3) is 0.348. The Morgan fingerprint density at radius 2 is 1.75 bits per heavy atom. The predicted molar refractivity (Wildman–Crippen MR) is 126 cm³/mol. The lowest BCUT2D eigenvalue weighted by Crippen LogP contribution is -2.36. The van der Waals surface area contributed by atoms with Crippen LogP contribution in [0.5, 0.6) is 0 Å². The Labute approximate surface area is 192 Å². The third-order valence-corrected chi connectivity index (χ3v) is 6.03. The number of nitrogens with one attached hydrogen (secondary N) is 1. The lowest BCUT2D eigenvalue weighted by atomic mass is 10.0. The van der Waals surface area contributed by atoms with Crippen LogP contribution in [0.15, 0.2) is 47.6 Å². The van der Waals surface area contributed by atoms with E-state index in [-0.39, 0.29) is 24.1 Å². The first kappa shape index (κ1) is 23.5. The molecule has 2 aromatic carbocycles. The van der Waals surface area contributed by atoms with Gasteiger partial charge in [0.1, 0.15) is 0 Å². The molecule has 0 aliphatic heterocycles. The standard InChI is InChI=1S/C23H28N6O2S/c1-15(2)18-9-11-19(12-10-18)29-23(25-26-27-29)32-14-21(31)28(5)13-20(30)24-22-16(3)7-6-8-17(22)4/h6-12,15H,13-14H2,1-5H3,(H,24,30). The van der Waals surface area contributed by atoms with Crippen molar-refractivity contribution in [3.8, 4) is 5.69 Å². The number of anilines is 1. The first-order chi connectivity index (χ1) is 15.3. The van der Waals surface area contributed by atoms with Crippen molar-refractivity contribution in [1.82, 2.24) is 25.1 Å². The maximum atomic E-state index is 12.6. The lowest BCUT2D eigenvalue weighted by molar-refractivity contribution is -0.131. The molecule has 8 nitrogen and oxygen atoms in total. The molecule has 2 amide bonds. The summed E-state index contributed by atoms with van der Waals surface area (Å²) in [6.45, 7) is 8.12. The zero-order valence-electron chi connectivity index (χ0n) is 19.0. The first-order valence-corrected chi connectivity index (χ1v) is 11.4. The molecule has 9 heteroatoms. The zero-order chi connectivity index (χ0) is 23.3. The van der Waals surface area contributed by atoms with Crippen molar-refractivity contribution in [3.05, 3.63) is 59.2 Å². The molecule has 0 radical (unpaired) electrons. The Kier molecular flexibility index (Phi) is 7.63. The Hall–Kier alpha value is -3.20. The van der Waals surface area contributed by atoms with Crippen LogP contribution in [0.1, 0.15) is 36.5 Å². The van der Waals surface area contributed by atoms with Gasteiger partial charge in [-0.15, -0.1) is 5.10 Å². The summed E-state index contributed by atoms with van der Waals surface area (Å²) < 4.78 is 1.61. The second kappa shape index (κ2) is 10.4. The second-order valence-corrected chi connectivity index (χ2v) is 8.92. The first-order valence-electron chi connectivity index (χ1n) is 10.4. The quantitative estimate of drug-likeness (QED) is 0.525. The minimum atomic E-state index is -0.238. The summed E-state index contributed by atoms with van der Waals surface area (Å²) in [4.78, 5) is 26.4. The number of hydrogen-bond donors (Lipinski definition) is 1. The molecule has 1 aromatic heterocycles. The highest BCUT2D eigenvalue weighted by Gasteiger charge is 2.17. The van der Waals surface area contributed by atoms with Crippen LogP contribution in [0.3, 0.4) is 0 Å². The molecule has 3 rings (SSSR count). The summed E-state index contributed by atoms with van der Waals surface area (Å²) in [5.41, 5.74) is 4.81. The molecule has 0 fully saturated rings. The van der Waals surface area contributed by atoms with E-state index in [2.05, 4.69) is 34.7 Å². The number of para-hydroxylation sites is 1. The van der Waals surface area contributed by atoms with Crippen molar-refractivity contribution in [2.75, 3.05) is 24.7 Å². The number of aryl methyl sites for hydroxylation is 2. The summed E-state index contributed by atoms with van der Waals surface area (Å²) in [6, 6.07) is 13.8. The Morgan fingerprint density at radius 1 is 1.09 bits per heavy atom. The van der Waals surface area contributed by atoms with Gasteiger partial charge >= 0.3 is 0 Å². The van der Waals surface area contributed by atoms with Gasteiger partial charge in [0, 0.05) is 12.7 Å². The molecule has 0 saturated heterocycles. The van der Waals surface area contributed by atoms with Crippen LogP contribution in [-0.2, 0) is 9.59 Å². The van der Waals surface area contributed by atoms with Gasteiger partial charge in [-0.3, -0.25) is 9.59 Å². The molecule has 0 saturated carbocycles. The van der Waals surface area contributed by atoms with Crippen LogP contribution < -0.4 is 5.32 Å². The van der Waals surface area contributed by atoms with E-state index in [0.717, 1.165) is 22.5 Å². The fourth-order valence-corrected chi connectivity index (χ4v) is 3.99. The van der Waals surface area contributed by atoms with Crippen molar-refractivity contribution >= 4 is 29.3 Å². The van der Waals surface area contributed by atoms with Crippen LogP contribution in [0.2, 0.25) is 0 Å². The van der Waals surface area contributed by atoms with E-state index < -0.39 is 0 Å². The monoisotopic (exact) mass is 452 g/mol. The number of likely N-dealkylation sites (N-methyl/N-ethyl adjacent to an activating group) is 1. The Bertz CT molecular complexity index is 1070. The largest absolute Gasteiger partial charge is 0.336 e. The molecule has 0 aliphatic rings. The van der Waals surface area contributed by atoms with Gasteiger partial charge in [0.2, 0.25) is 17.0 Å². The molecule has 3 aromatic rings. The molecule has 168 valence electrons. The summed E-state index contributed by atoms with van der Waals surface area (Å²) in [5.74, 6) is 0.138. The third-order valence-electron chi connectivity index (χ3n) is 5.12. The topological polar surface area (TPSA) is 93.0 Å². The van der Waals surface area contributed by atoms with E-state index in [1.54, 1.807) is 11.7 Å².